The summed E-state index contributed by atoms with van der Waals surface area (Å²) in [5.74, 6) is 0.102. The molecule has 1 aliphatic heterocycles. The van der Waals surface area contributed by atoms with Gasteiger partial charge in [-0.3, -0.25) is 9.69 Å². The highest BCUT2D eigenvalue weighted by atomic mass is 16.3. The number of hydrogen-bond acceptors (Lipinski definition) is 4. The zero-order valence-corrected chi connectivity index (χ0v) is 12.6. The lowest BCUT2D eigenvalue weighted by molar-refractivity contribution is -0.122. The van der Waals surface area contributed by atoms with Crippen molar-refractivity contribution in [2.24, 2.45) is 5.73 Å². The number of nitrogens with zero attached hydrogens (tertiary/aromatic N) is 1. The molecule has 2 atom stereocenters. The Morgan fingerprint density at radius 1 is 1.33 bits per heavy atom. The van der Waals surface area contributed by atoms with Gasteiger partial charge in [0.25, 0.3) is 0 Å². The van der Waals surface area contributed by atoms with Crippen molar-refractivity contribution >= 4 is 5.91 Å². The van der Waals surface area contributed by atoms with Crippen LogP contribution in [0.5, 0.6) is 5.75 Å². The summed E-state index contributed by atoms with van der Waals surface area (Å²) in [6.07, 6.45) is 2.97. The van der Waals surface area contributed by atoms with E-state index in [1.165, 1.54) is 12.8 Å². The van der Waals surface area contributed by atoms with Crippen molar-refractivity contribution in [3.8, 4) is 5.75 Å². The number of phenols is 1. The molecule has 1 saturated heterocycles. The predicted octanol–water partition coefficient (Wildman–Crippen LogP) is 0.862. The van der Waals surface area contributed by atoms with Crippen molar-refractivity contribution in [2.75, 3.05) is 19.6 Å². The van der Waals surface area contributed by atoms with Crippen LogP contribution in [0.1, 0.15) is 25.3 Å². The fourth-order valence-electron chi connectivity index (χ4n) is 2.67. The van der Waals surface area contributed by atoms with Gasteiger partial charge in [0.05, 0.1) is 6.04 Å². The summed E-state index contributed by atoms with van der Waals surface area (Å²) in [6.45, 7) is 5.02. The molecule has 0 aromatic heterocycles. The van der Waals surface area contributed by atoms with Crippen molar-refractivity contribution < 1.29 is 9.90 Å². The number of benzene rings is 1. The van der Waals surface area contributed by atoms with Crippen LogP contribution >= 0.6 is 0 Å². The lowest BCUT2D eigenvalue weighted by Crippen LogP contribution is -2.47. The first-order valence-electron chi connectivity index (χ1n) is 7.61. The molecule has 0 radical (unpaired) electrons. The van der Waals surface area contributed by atoms with E-state index in [9.17, 15) is 9.90 Å². The summed E-state index contributed by atoms with van der Waals surface area (Å²) < 4.78 is 0. The monoisotopic (exact) mass is 291 g/mol. The quantitative estimate of drug-likeness (QED) is 0.726. The number of carbonyl (C=O) groups excluding carboxylic acids is 1. The van der Waals surface area contributed by atoms with Gasteiger partial charge in [-0.2, -0.15) is 0 Å². The molecule has 0 saturated carbocycles. The largest absolute Gasteiger partial charge is 0.508 e. The minimum absolute atomic E-state index is 0.117. The summed E-state index contributed by atoms with van der Waals surface area (Å²) in [5, 5.41) is 12.2. The molecule has 1 amide bonds. The van der Waals surface area contributed by atoms with Gasteiger partial charge in [-0.15, -0.1) is 0 Å². The van der Waals surface area contributed by atoms with Gasteiger partial charge < -0.3 is 16.2 Å². The van der Waals surface area contributed by atoms with Gasteiger partial charge in [-0.1, -0.05) is 12.1 Å². The maximum atomic E-state index is 12.0. The van der Waals surface area contributed by atoms with Crippen molar-refractivity contribution in [1.82, 2.24) is 10.2 Å². The van der Waals surface area contributed by atoms with E-state index in [1.54, 1.807) is 24.3 Å². The van der Waals surface area contributed by atoms with Crippen molar-refractivity contribution in [3.63, 3.8) is 0 Å². The summed E-state index contributed by atoms with van der Waals surface area (Å²) in [5.41, 5.74) is 6.89. The number of nitrogens with one attached hydrogen (secondary N) is 1. The highest BCUT2D eigenvalue weighted by molar-refractivity contribution is 5.81. The van der Waals surface area contributed by atoms with Crippen LogP contribution in [0, 0.1) is 0 Å². The van der Waals surface area contributed by atoms with Gasteiger partial charge in [0.2, 0.25) is 5.91 Å². The van der Waals surface area contributed by atoms with Crippen molar-refractivity contribution in [3.05, 3.63) is 29.8 Å². The first-order chi connectivity index (χ1) is 10.1. The van der Waals surface area contributed by atoms with Crippen LogP contribution in [0.15, 0.2) is 24.3 Å². The van der Waals surface area contributed by atoms with Crippen LogP contribution in [-0.2, 0) is 11.2 Å². The minimum Gasteiger partial charge on any atom is -0.508 e. The van der Waals surface area contributed by atoms with E-state index in [-0.39, 0.29) is 11.7 Å². The van der Waals surface area contributed by atoms with E-state index in [1.807, 2.05) is 0 Å². The molecule has 5 nitrogen and oxygen atoms in total. The summed E-state index contributed by atoms with van der Waals surface area (Å²) in [6, 6.07) is 6.59. The van der Waals surface area contributed by atoms with E-state index in [0.717, 1.165) is 18.7 Å². The smallest absolute Gasteiger partial charge is 0.237 e. The van der Waals surface area contributed by atoms with Crippen LogP contribution in [0.4, 0.5) is 0 Å². The van der Waals surface area contributed by atoms with Crippen molar-refractivity contribution in [1.29, 1.82) is 0 Å². The molecule has 1 aromatic carbocycles. The number of phenolic OH excluding ortho intramolecular Hbond substituents is 1. The lowest BCUT2D eigenvalue weighted by Gasteiger charge is -2.24. The second-order valence-corrected chi connectivity index (χ2v) is 5.81. The maximum absolute atomic E-state index is 12.0. The number of nitrogens with two attached hydrogens (primary N) is 1. The highest BCUT2D eigenvalue weighted by Crippen LogP contribution is 2.12. The normalized spacial score (nSPS) is 18.4. The molecule has 4 N–H and O–H groups in total. The number of amides is 1. The highest BCUT2D eigenvalue weighted by Gasteiger charge is 2.20. The standard InChI is InChI=1S/C16H25N3O2/c1-12(19-8-2-3-9-19)11-18-16(21)15(17)10-13-4-6-14(20)7-5-13/h4-7,12,15,20H,2-3,8-11,17H2,1H3,(H,18,21). The second-order valence-electron chi connectivity index (χ2n) is 5.81. The number of rotatable bonds is 6. The third-order valence-corrected chi connectivity index (χ3v) is 4.06. The Bertz CT molecular complexity index is 455. The summed E-state index contributed by atoms with van der Waals surface area (Å²) in [7, 11) is 0. The fraction of sp³-hybridized carbons (Fsp3) is 0.562. The van der Waals surface area contributed by atoms with Crippen LogP contribution < -0.4 is 11.1 Å². The summed E-state index contributed by atoms with van der Waals surface area (Å²) >= 11 is 0. The molecule has 21 heavy (non-hydrogen) atoms. The molecular formula is C16H25N3O2. The molecule has 1 aromatic rings. The van der Waals surface area contributed by atoms with Gasteiger partial charge in [0.15, 0.2) is 0 Å². The Kier molecular flexibility index (Phi) is 5.59. The molecule has 0 aliphatic carbocycles. The SMILES string of the molecule is CC(CNC(=O)C(N)Cc1ccc(O)cc1)N1CCCC1. The van der Waals surface area contributed by atoms with Gasteiger partial charge in [-0.25, -0.2) is 0 Å². The third kappa shape index (κ3) is 4.72. The average molecular weight is 291 g/mol. The van der Waals surface area contributed by atoms with Crippen LogP contribution in [-0.4, -0.2) is 47.6 Å². The van der Waals surface area contributed by atoms with E-state index in [2.05, 4.69) is 17.1 Å². The van der Waals surface area contributed by atoms with E-state index >= 15 is 0 Å². The number of likely N-dealkylation sites (tertiary alicyclic amines) is 1. The predicted molar refractivity (Wildman–Crippen MR) is 83.1 cm³/mol. The van der Waals surface area contributed by atoms with E-state index in [4.69, 9.17) is 5.73 Å². The zero-order chi connectivity index (χ0) is 15.2. The lowest BCUT2D eigenvalue weighted by atomic mass is 10.1. The fourth-order valence-corrected chi connectivity index (χ4v) is 2.67. The molecule has 0 spiro atoms. The minimum atomic E-state index is -0.555. The van der Waals surface area contributed by atoms with Gasteiger partial charge >= 0.3 is 0 Å². The van der Waals surface area contributed by atoms with E-state index < -0.39 is 6.04 Å². The third-order valence-electron chi connectivity index (χ3n) is 4.06. The zero-order valence-electron chi connectivity index (χ0n) is 12.6. The van der Waals surface area contributed by atoms with Gasteiger partial charge in [0.1, 0.15) is 5.75 Å². The molecule has 0 bridgehead atoms. The molecule has 1 heterocycles. The topological polar surface area (TPSA) is 78.6 Å². The Hall–Kier alpha value is -1.59. The molecule has 116 valence electrons. The van der Waals surface area contributed by atoms with Crippen LogP contribution in [0.3, 0.4) is 0 Å². The number of carbonyl (C=O) groups is 1. The number of aromatic hydroxyl groups is 1. The van der Waals surface area contributed by atoms with Crippen LogP contribution in [0.25, 0.3) is 0 Å². The first kappa shape index (κ1) is 15.8. The summed E-state index contributed by atoms with van der Waals surface area (Å²) in [4.78, 5) is 14.4. The Labute approximate surface area is 126 Å². The second kappa shape index (κ2) is 7.43. The van der Waals surface area contributed by atoms with E-state index in [0.29, 0.717) is 19.0 Å². The molecule has 1 aliphatic rings. The number of hydrogen-bond donors (Lipinski definition) is 3. The Balaban J connectivity index is 1.75. The van der Waals surface area contributed by atoms with Gasteiger partial charge in [0, 0.05) is 12.6 Å². The Morgan fingerprint density at radius 2 is 1.95 bits per heavy atom. The molecule has 5 heteroatoms. The van der Waals surface area contributed by atoms with Gasteiger partial charge in [-0.05, 0) is 57.0 Å². The molecular weight excluding hydrogens is 266 g/mol. The molecule has 2 unspecified atom stereocenters. The maximum Gasteiger partial charge on any atom is 0.237 e. The first-order valence-corrected chi connectivity index (χ1v) is 7.61. The molecule has 2 rings (SSSR count). The van der Waals surface area contributed by atoms with Crippen molar-refractivity contribution in [2.45, 2.75) is 38.3 Å². The van der Waals surface area contributed by atoms with Crippen LogP contribution in [0.2, 0.25) is 0 Å². The molecule has 1 fully saturated rings. The average Bonchev–Trinajstić information content (AvgIpc) is 3.01. The Morgan fingerprint density at radius 3 is 2.57 bits per heavy atom.